The van der Waals surface area contributed by atoms with Gasteiger partial charge >= 0.3 is 0 Å². The summed E-state index contributed by atoms with van der Waals surface area (Å²) in [4.78, 5) is 11.6. The van der Waals surface area contributed by atoms with E-state index in [1.807, 2.05) is 6.07 Å². The highest BCUT2D eigenvalue weighted by molar-refractivity contribution is 7.14. The minimum atomic E-state index is -0.617. The first-order chi connectivity index (χ1) is 7.69. The van der Waals surface area contributed by atoms with E-state index in [-0.39, 0.29) is 5.91 Å². The van der Waals surface area contributed by atoms with E-state index in [1.165, 1.54) is 11.3 Å². The summed E-state index contributed by atoms with van der Waals surface area (Å²) in [5.41, 5.74) is 6.10. The van der Waals surface area contributed by atoms with E-state index in [2.05, 4.69) is 5.32 Å². The van der Waals surface area contributed by atoms with Crippen LogP contribution in [0, 0.1) is 11.3 Å². The summed E-state index contributed by atoms with van der Waals surface area (Å²) in [6, 6.07) is 3.03. The molecular formula is C10H13N3O2S. The molecule has 1 rings (SSSR count). The molecule has 0 radical (unpaired) electrons. The summed E-state index contributed by atoms with van der Waals surface area (Å²) < 4.78 is 4.83. The Hall–Kier alpha value is -1.42. The molecule has 0 spiro atoms. The highest BCUT2D eigenvalue weighted by Gasteiger charge is 2.15. The third-order valence-electron chi connectivity index (χ3n) is 1.99. The Kier molecular flexibility index (Phi) is 4.92. The van der Waals surface area contributed by atoms with Crippen molar-refractivity contribution in [3.05, 3.63) is 17.0 Å². The number of hydrogen-bond acceptors (Lipinski definition) is 5. The van der Waals surface area contributed by atoms with Gasteiger partial charge in [-0.15, -0.1) is 11.3 Å². The van der Waals surface area contributed by atoms with Crippen LogP contribution in [0.25, 0.3) is 0 Å². The highest BCUT2D eigenvalue weighted by Crippen LogP contribution is 2.22. The highest BCUT2D eigenvalue weighted by atomic mass is 32.1. The van der Waals surface area contributed by atoms with Crippen LogP contribution >= 0.6 is 11.3 Å². The fraction of sp³-hybridized carbons (Fsp3) is 0.400. The maximum atomic E-state index is 11.6. The van der Waals surface area contributed by atoms with Gasteiger partial charge in [-0.3, -0.25) is 4.79 Å². The van der Waals surface area contributed by atoms with Gasteiger partial charge in [0.15, 0.2) is 0 Å². The van der Waals surface area contributed by atoms with E-state index in [0.29, 0.717) is 23.6 Å². The summed E-state index contributed by atoms with van der Waals surface area (Å²) in [5, 5.41) is 13.7. The number of thiophene rings is 1. The van der Waals surface area contributed by atoms with E-state index >= 15 is 0 Å². The maximum absolute atomic E-state index is 11.6. The van der Waals surface area contributed by atoms with Crippen LogP contribution in [0.4, 0.5) is 5.00 Å². The molecule has 1 heterocycles. The number of nitrogens with one attached hydrogen (secondary N) is 1. The lowest BCUT2D eigenvalue weighted by Gasteiger charge is -2.10. The van der Waals surface area contributed by atoms with Gasteiger partial charge in [0, 0.05) is 13.7 Å². The Morgan fingerprint density at radius 2 is 2.56 bits per heavy atom. The summed E-state index contributed by atoms with van der Waals surface area (Å²) in [6.45, 7) is 0.435. The molecule has 1 aromatic rings. The molecule has 0 fully saturated rings. The van der Waals surface area contributed by atoms with Gasteiger partial charge in [0.05, 0.1) is 11.6 Å². The maximum Gasteiger partial charge on any atom is 0.242 e. The lowest BCUT2D eigenvalue weighted by atomic mass is 10.2. The third kappa shape index (κ3) is 3.31. The van der Waals surface area contributed by atoms with Gasteiger partial charge in [-0.25, -0.2) is 0 Å². The number of anilines is 1. The third-order valence-corrected chi connectivity index (χ3v) is 2.82. The van der Waals surface area contributed by atoms with E-state index in [9.17, 15) is 4.79 Å². The molecule has 0 saturated heterocycles. The van der Waals surface area contributed by atoms with Crippen LogP contribution < -0.4 is 11.1 Å². The lowest BCUT2D eigenvalue weighted by Crippen LogP contribution is -2.36. The van der Waals surface area contributed by atoms with Crippen LogP contribution in [0.3, 0.4) is 0 Å². The summed E-state index contributed by atoms with van der Waals surface area (Å²) in [5.74, 6) is -0.295. The minimum Gasteiger partial charge on any atom is -0.385 e. The number of ether oxygens (including phenoxy) is 1. The summed E-state index contributed by atoms with van der Waals surface area (Å²) >= 11 is 1.30. The standard InChI is InChI=1S/C10H13N3O2S/c1-15-4-2-8(12)9(14)13-10-7(6-11)3-5-16-10/h3,5,8H,2,4,12H2,1H3,(H,13,14). The molecule has 1 amide bonds. The molecule has 0 aliphatic heterocycles. The van der Waals surface area contributed by atoms with Gasteiger partial charge in [-0.1, -0.05) is 0 Å². The van der Waals surface area contributed by atoms with Gasteiger partial charge in [0.2, 0.25) is 5.91 Å². The second kappa shape index (κ2) is 6.23. The molecule has 0 aliphatic rings. The molecule has 6 heteroatoms. The molecule has 1 aromatic heterocycles. The number of amides is 1. The van der Waals surface area contributed by atoms with Gasteiger partial charge in [-0.05, 0) is 17.9 Å². The number of nitrogens with two attached hydrogens (primary N) is 1. The van der Waals surface area contributed by atoms with Crippen molar-refractivity contribution in [3.63, 3.8) is 0 Å². The van der Waals surface area contributed by atoms with Crippen molar-refractivity contribution in [3.8, 4) is 6.07 Å². The Morgan fingerprint density at radius 3 is 3.19 bits per heavy atom. The van der Waals surface area contributed by atoms with Crippen molar-refractivity contribution in [2.75, 3.05) is 19.0 Å². The van der Waals surface area contributed by atoms with Crippen LogP contribution in [-0.4, -0.2) is 25.7 Å². The normalized spacial score (nSPS) is 11.8. The second-order valence-corrected chi connectivity index (χ2v) is 4.07. The topological polar surface area (TPSA) is 88.1 Å². The Labute approximate surface area is 97.8 Å². The largest absolute Gasteiger partial charge is 0.385 e. The molecular weight excluding hydrogens is 226 g/mol. The predicted molar refractivity (Wildman–Crippen MR) is 62.1 cm³/mol. The van der Waals surface area contributed by atoms with Crippen molar-refractivity contribution in [1.82, 2.24) is 0 Å². The zero-order chi connectivity index (χ0) is 12.0. The SMILES string of the molecule is COCCC(N)C(=O)Nc1sccc1C#N. The number of hydrogen-bond donors (Lipinski definition) is 2. The van der Waals surface area contributed by atoms with Gasteiger partial charge in [0.1, 0.15) is 11.1 Å². The number of methoxy groups -OCH3 is 1. The van der Waals surface area contributed by atoms with E-state index in [1.54, 1.807) is 18.6 Å². The van der Waals surface area contributed by atoms with Crippen molar-refractivity contribution in [1.29, 1.82) is 5.26 Å². The molecule has 0 aliphatic carbocycles. The molecule has 1 atom stereocenters. The zero-order valence-electron chi connectivity index (χ0n) is 8.90. The van der Waals surface area contributed by atoms with E-state index < -0.39 is 6.04 Å². The van der Waals surface area contributed by atoms with Crippen LogP contribution in [0.1, 0.15) is 12.0 Å². The fourth-order valence-corrected chi connectivity index (χ4v) is 1.81. The van der Waals surface area contributed by atoms with Gasteiger partial charge in [0.25, 0.3) is 0 Å². The first kappa shape index (κ1) is 12.6. The monoisotopic (exact) mass is 239 g/mol. The van der Waals surface area contributed by atoms with Crippen molar-refractivity contribution >= 4 is 22.2 Å². The van der Waals surface area contributed by atoms with Gasteiger partial charge in [-0.2, -0.15) is 5.26 Å². The molecule has 16 heavy (non-hydrogen) atoms. The number of carbonyl (C=O) groups is 1. The summed E-state index contributed by atoms with van der Waals surface area (Å²) in [6.07, 6.45) is 0.454. The van der Waals surface area contributed by atoms with Crippen molar-refractivity contribution < 1.29 is 9.53 Å². The average Bonchev–Trinajstić information content (AvgIpc) is 2.72. The number of nitrogens with zero attached hydrogens (tertiary/aromatic N) is 1. The summed E-state index contributed by atoms with van der Waals surface area (Å²) in [7, 11) is 1.55. The quantitative estimate of drug-likeness (QED) is 0.799. The molecule has 0 saturated carbocycles. The Bertz CT molecular complexity index is 397. The van der Waals surface area contributed by atoms with Crippen molar-refractivity contribution in [2.24, 2.45) is 5.73 Å². The van der Waals surface area contributed by atoms with Gasteiger partial charge < -0.3 is 15.8 Å². The van der Waals surface area contributed by atoms with Crippen molar-refractivity contribution in [2.45, 2.75) is 12.5 Å². The first-order valence-corrected chi connectivity index (χ1v) is 5.60. The zero-order valence-corrected chi connectivity index (χ0v) is 9.71. The molecule has 3 N–H and O–H groups in total. The molecule has 5 nitrogen and oxygen atoms in total. The smallest absolute Gasteiger partial charge is 0.242 e. The van der Waals surface area contributed by atoms with Crippen LogP contribution in [0.5, 0.6) is 0 Å². The Balaban J connectivity index is 2.54. The van der Waals surface area contributed by atoms with Crippen LogP contribution in [0.15, 0.2) is 11.4 Å². The fourth-order valence-electron chi connectivity index (χ4n) is 1.07. The van der Waals surface area contributed by atoms with Crippen LogP contribution in [-0.2, 0) is 9.53 Å². The molecule has 86 valence electrons. The second-order valence-electron chi connectivity index (χ2n) is 3.15. The number of carbonyl (C=O) groups excluding carboxylic acids is 1. The minimum absolute atomic E-state index is 0.295. The molecule has 0 bridgehead atoms. The van der Waals surface area contributed by atoms with Crippen LogP contribution in [0.2, 0.25) is 0 Å². The Morgan fingerprint density at radius 1 is 1.81 bits per heavy atom. The molecule has 0 aromatic carbocycles. The first-order valence-electron chi connectivity index (χ1n) is 4.72. The predicted octanol–water partition coefficient (Wildman–Crippen LogP) is 0.922. The average molecular weight is 239 g/mol. The lowest BCUT2D eigenvalue weighted by molar-refractivity contribution is -0.117. The van der Waals surface area contributed by atoms with E-state index in [4.69, 9.17) is 15.7 Å². The molecule has 1 unspecified atom stereocenters. The number of nitriles is 1. The van der Waals surface area contributed by atoms with E-state index in [0.717, 1.165) is 0 Å². The number of rotatable bonds is 5.